The van der Waals surface area contributed by atoms with Crippen molar-refractivity contribution < 1.29 is 37.1 Å². The molecule has 1 aliphatic rings. The number of anilines is 2. The average molecular weight is 562 g/mol. The third-order valence-electron chi connectivity index (χ3n) is 5.27. The van der Waals surface area contributed by atoms with Crippen molar-refractivity contribution in [1.82, 2.24) is 0 Å². The predicted molar refractivity (Wildman–Crippen MR) is 136 cm³/mol. The van der Waals surface area contributed by atoms with Crippen LogP contribution in [0.5, 0.6) is 11.5 Å². The molecule has 1 amide bonds. The lowest BCUT2D eigenvalue weighted by Gasteiger charge is -2.19. The number of nitrogens with zero attached hydrogens (tertiary/aromatic N) is 1. The van der Waals surface area contributed by atoms with Crippen molar-refractivity contribution in [3.8, 4) is 11.5 Å². The standard InChI is InChI=1S/C24H20ClN3O9S/c1-14(23(29)26-20-12-17(28(31)32)6-8-19(20)25)37-24(30)15-2-4-16(5-3-15)27-38(33,34)18-7-9-21-22(13-18)36-11-10-35-21/h2-9,12-14,27H,10-11H2,1H3,(H,26,29)/t14-/m0/s1. The van der Waals surface area contributed by atoms with Crippen LogP contribution in [0.1, 0.15) is 17.3 Å². The molecule has 0 unspecified atom stereocenters. The third kappa shape index (κ3) is 6.12. The van der Waals surface area contributed by atoms with Crippen LogP contribution in [0.25, 0.3) is 0 Å². The first-order valence-corrected chi connectivity index (χ1v) is 12.9. The van der Waals surface area contributed by atoms with Gasteiger partial charge in [-0.05, 0) is 49.4 Å². The zero-order chi connectivity index (χ0) is 27.4. The molecule has 3 aromatic rings. The van der Waals surface area contributed by atoms with E-state index in [0.717, 1.165) is 6.07 Å². The first-order chi connectivity index (χ1) is 18.0. The SMILES string of the molecule is C[C@H](OC(=O)c1ccc(NS(=O)(=O)c2ccc3c(c2)OCCO3)cc1)C(=O)Nc1cc([N+](=O)[O-])ccc1Cl. The van der Waals surface area contributed by atoms with E-state index < -0.39 is 32.9 Å². The summed E-state index contributed by atoms with van der Waals surface area (Å²) < 4.78 is 43.9. The second-order valence-corrected chi connectivity index (χ2v) is 10.0. The number of hydrogen-bond acceptors (Lipinski definition) is 9. The van der Waals surface area contributed by atoms with Gasteiger partial charge in [0.15, 0.2) is 17.6 Å². The maximum absolute atomic E-state index is 12.8. The summed E-state index contributed by atoms with van der Waals surface area (Å²) in [5.41, 5.74) is -0.0506. The summed E-state index contributed by atoms with van der Waals surface area (Å²) in [6, 6.07) is 13.1. The smallest absolute Gasteiger partial charge is 0.338 e. The minimum absolute atomic E-state index is 0.0107. The molecule has 4 rings (SSSR count). The highest BCUT2D eigenvalue weighted by Gasteiger charge is 2.22. The highest BCUT2D eigenvalue weighted by molar-refractivity contribution is 7.92. The molecule has 1 heterocycles. The summed E-state index contributed by atoms with van der Waals surface area (Å²) in [6.07, 6.45) is -1.27. The Kier molecular flexibility index (Phi) is 7.69. The molecular weight excluding hydrogens is 542 g/mol. The van der Waals surface area contributed by atoms with E-state index in [1.165, 1.54) is 61.5 Å². The number of amides is 1. The number of carbonyl (C=O) groups excluding carboxylic acids is 2. The quantitative estimate of drug-likeness (QED) is 0.235. The molecule has 12 nitrogen and oxygen atoms in total. The Morgan fingerprint density at radius 3 is 2.39 bits per heavy atom. The molecule has 0 bridgehead atoms. The molecule has 0 aromatic heterocycles. The lowest BCUT2D eigenvalue weighted by Crippen LogP contribution is -2.30. The van der Waals surface area contributed by atoms with Crippen LogP contribution in [0, 0.1) is 10.1 Å². The van der Waals surface area contributed by atoms with E-state index >= 15 is 0 Å². The van der Waals surface area contributed by atoms with E-state index in [2.05, 4.69) is 10.0 Å². The molecule has 0 spiro atoms. The van der Waals surface area contributed by atoms with Gasteiger partial charge in [0, 0.05) is 23.9 Å². The summed E-state index contributed by atoms with van der Waals surface area (Å²) in [5.74, 6) is -0.833. The van der Waals surface area contributed by atoms with Crippen LogP contribution in [0.4, 0.5) is 17.1 Å². The van der Waals surface area contributed by atoms with Crippen molar-refractivity contribution in [2.45, 2.75) is 17.9 Å². The van der Waals surface area contributed by atoms with Gasteiger partial charge in [0.05, 0.1) is 26.1 Å². The zero-order valence-electron chi connectivity index (χ0n) is 19.7. The van der Waals surface area contributed by atoms with Gasteiger partial charge in [0.25, 0.3) is 21.6 Å². The van der Waals surface area contributed by atoms with E-state index in [1.807, 2.05) is 0 Å². The average Bonchev–Trinajstić information content (AvgIpc) is 2.89. The Morgan fingerprint density at radius 1 is 1.03 bits per heavy atom. The minimum Gasteiger partial charge on any atom is -0.486 e. The number of sulfonamides is 1. The summed E-state index contributed by atoms with van der Waals surface area (Å²) in [5, 5.41) is 13.4. The van der Waals surface area contributed by atoms with E-state index in [0.29, 0.717) is 24.7 Å². The Morgan fingerprint density at radius 2 is 1.71 bits per heavy atom. The Bertz CT molecular complexity index is 1510. The molecule has 0 saturated heterocycles. The van der Waals surface area contributed by atoms with Crippen molar-refractivity contribution in [2.75, 3.05) is 23.3 Å². The van der Waals surface area contributed by atoms with Crippen molar-refractivity contribution in [1.29, 1.82) is 0 Å². The number of halogens is 1. The van der Waals surface area contributed by atoms with Gasteiger partial charge in [-0.1, -0.05) is 11.6 Å². The Labute approximate surface area is 221 Å². The number of rotatable bonds is 8. The van der Waals surface area contributed by atoms with Gasteiger partial charge in [-0.15, -0.1) is 0 Å². The van der Waals surface area contributed by atoms with Crippen LogP contribution in [0.15, 0.2) is 65.6 Å². The van der Waals surface area contributed by atoms with Crippen LogP contribution in [0.2, 0.25) is 5.02 Å². The first kappa shape index (κ1) is 26.7. The topological polar surface area (TPSA) is 163 Å². The molecule has 3 aromatic carbocycles. The van der Waals surface area contributed by atoms with Crippen LogP contribution in [0.3, 0.4) is 0 Å². The normalized spacial score (nSPS) is 13.2. The summed E-state index contributed by atoms with van der Waals surface area (Å²) >= 11 is 5.98. The van der Waals surface area contributed by atoms with Gasteiger partial charge >= 0.3 is 5.97 Å². The van der Waals surface area contributed by atoms with Gasteiger partial charge in [0.2, 0.25) is 0 Å². The van der Waals surface area contributed by atoms with E-state index in [9.17, 15) is 28.1 Å². The number of nitro benzene ring substituents is 1. The fourth-order valence-corrected chi connectivity index (χ4v) is 4.56. The number of fused-ring (bicyclic) bond motifs is 1. The number of non-ortho nitro benzene ring substituents is 1. The molecule has 0 fully saturated rings. The molecule has 0 aliphatic carbocycles. The molecule has 1 atom stereocenters. The van der Waals surface area contributed by atoms with Gasteiger partial charge in [-0.2, -0.15) is 0 Å². The molecule has 14 heteroatoms. The van der Waals surface area contributed by atoms with Gasteiger partial charge in [-0.25, -0.2) is 13.2 Å². The number of benzene rings is 3. The van der Waals surface area contributed by atoms with Gasteiger partial charge in [0.1, 0.15) is 13.2 Å². The van der Waals surface area contributed by atoms with Crippen LogP contribution >= 0.6 is 11.6 Å². The van der Waals surface area contributed by atoms with Gasteiger partial charge < -0.3 is 19.5 Å². The molecule has 0 radical (unpaired) electrons. The summed E-state index contributed by atoms with van der Waals surface area (Å²) in [4.78, 5) is 35.2. The molecule has 1 aliphatic heterocycles. The number of nitrogens with one attached hydrogen (secondary N) is 2. The monoisotopic (exact) mass is 561 g/mol. The minimum atomic E-state index is -3.96. The largest absolute Gasteiger partial charge is 0.486 e. The van der Waals surface area contributed by atoms with Gasteiger partial charge in [-0.3, -0.25) is 19.6 Å². The number of hydrogen-bond donors (Lipinski definition) is 2. The highest BCUT2D eigenvalue weighted by atomic mass is 35.5. The molecule has 2 N–H and O–H groups in total. The maximum atomic E-state index is 12.8. The second-order valence-electron chi connectivity index (χ2n) is 7.95. The zero-order valence-corrected chi connectivity index (χ0v) is 21.2. The molecular formula is C24H20ClN3O9S. The molecule has 0 saturated carbocycles. The fourth-order valence-electron chi connectivity index (χ4n) is 3.32. The van der Waals surface area contributed by atoms with Crippen molar-refractivity contribution >= 4 is 50.6 Å². The van der Waals surface area contributed by atoms with E-state index in [4.69, 9.17) is 25.8 Å². The van der Waals surface area contributed by atoms with Crippen LogP contribution < -0.4 is 19.5 Å². The van der Waals surface area contributed by atoms with Crippen molar-refractivity contribution in [3.05, 3.63) is 81.4 Å². The number of nitro groups is 1. The summed E-state index contributed by atoms with van der Waals surface area (Å²) in [7, 11) is -3.96. The fraction of sp³-hybridized carbons (Fsp3) is 0.167. The lowest BCUT2D eigenvalue weighted by molar-refractivity contribution is -0.384. The second kappa shape index (κ2) is 10.9. The summed E-state index contributed by atoms with van der Waals surface area (Å²) in [6.45, 7) is 2.00. The number of ether oxygens (including phenoxy) is 3. The third-order valence-corrected chi connectivity index (χ3v) is 6.98. The lowest BCUT2D eigenvalue weighted by atomic mass is 10.2. The number of esters is 1. The highest BCUT2D eigenvalue weighted by Crippen LogP contribution is 2.33. The Hall–Kier alpha value is -4.36. The Balaban J connectivity index is 1.38. The predicted octanol–water partition coefficient (Wildman–Crippen LogP) is 4.00. The number of carbonyl (C=O) groups is 2. The van der Waals surface area contributed by atoms with E-state index in [1.54, 1.807) is 0 Å². The van der Waals surface area contributed by atoms with Crippen molar-refractivity contribution in [3.63, 3.8) is 0 Å². The maximum Gasteiger partial charge on any atom is 0.338 e. The van der Waals surface area contributed by atoms with Crippen LogP contribution in [-0.4, -0.2) is 44.5 Å². The molecule has 38 heavy (non-hydrogen) atoms. The van der Waals surface area contributed by atoms with E-state index in [-0.39, 0.29) is 32.5 Å². The first-order valence-electron chi connectivity index (χ1n) is 11.0. The van der Waals surface area contributed by atoms with Crippen LogP contribution in [-0.2, 0) is 19.6 Å². The van der Waals surface area contributed by atoms with Crippen molar-refractivity contribution in [2.24, 2.45) is 0 Å². The molecule has 198 valence electrons.